The van der Waals surface area contributed by atoms with Crippen LogP contribution in [0.1, 0.15) is 28.8 Å². The fourth-order valence-electron chi connectivity index (χ4n) is 2.12. The lowest BCUT2D eigenvalue weighted by Gasteiger charge is -2.32. The lowest BCUT2D eigenvalue weighted by molar-refractivity contribution is -0.0495. The predicted octanol–water partition coefficient (Wildman–Crippen LogP) is 3.48. The number of rotatable bonds is 2. The van der Waals surface area contributed by atoms with Crippen molar-refractivity contribution in [2.45, 2.75) is 18.8 Å². The molecule has 0 radical (unpaired) electrons. The molecular formula is C14H13F4NO. The van der Waals surface area contributed by atoms with E-state index in [9.17, 15) is 22.4 Å². The van der Waals surface area contributed by atoms with Gasteiger partial charge in [-0.1, -0.05) is 12.7 Å². The zero-order valence-electron chi connectivity index (χ0n) is 10.6. The number of nitrogens with zero attached hydrogens (tertiary/aromatic N) is 1. The van der Waals surface area contributed by atoms with Crippen molar-refractivity contribution in [1.82, 2.24) is 4.90 Å². The number of hydrogen-bond donors (Lipinski definition) is 0. The summed E-state index contributed by atoms with van der Waals surface area (Å²) in [6.45, 7) is 2.93. The van der Waals surface area contributed by atoms with Gasteiger partial charge in [0.2, 0.25) is 0 Å². The number of benzene rings is 1. The molecule has 108 valence electrons. The lowest BCUT2D eigenvalue weighted by atomic mass is 10.0. The largest absolute Gasteiger partial charge is 0.338 e. The molecule has 2 rings (SSSR count). The number of halogens is 4. The molecule has 0 saturated carbocycles. The molecule has 1 aliphatic rings. The summed E-state index contributed by atoms with van der Waals surface area (Å²) in [5.74, 6) is -5.74. The summed E-state index contributed by atoms with van der Waals surface area (Å²) in [6.07, 6.45) is 0.169. The maximum atomic E-state index is 14.0. The monoisotopic (exact) mass is 287 g/mol. The highest BCUT2D eigenvalue weighted by atomic mass is 19.3. The average Bonchev–Trinajstić information content (AvgIpc) is 2.38. The maximum absolute atomic E-state index is 14.0. The van der Waals surface area contributed by atoms with Gasteiger partial charge in [-0.2, -0.15) is 0 Å². The fraction of sp³-hybridized carbons (Fsp3) is 0.357. The van der Waals surface area contributed by atoms with E-state index < -0.39 is 41.9 Å². The van der Waals surface area contributed by atoms with Gasteiger partial charge in [-0.3, -0.25) is 4.79 Å². The first-order valence-electron chi connectivity index (χ1n) is 6.13. The molecule has 0 aliphatic carbocycles. The van der Waals surface area contributed by atoms with E-state index in [1.165, 1.54) is 6.07 Å². The molecule has 6 heteroatoms. The topological polar surface area (TPSA) is 20.3 Å². The number of carbonyl (C=O) groups is 1. The molecule has 1 saturated heterocycles. The van der Waals surface area contributed by atoms with Gasteiger partial charge in [0.25, 0.3) is 11.8 Å². The van der Waals surface area contributed by atoms with E-state index in [0.717, 1.165) is 17.0 Å². The molecule has 1 aromatic carbocycles. The third kappa shape index (κ3) is 2.69. The molecule has 1 fully saturated rings. The van der Waals surface area contributed by atoms with E-state index in [-0.39, 0.29) is 18.7 Å². The molecule has 0 N–H and O–H groups in total. The highest BCUT2D eigenvalue weighted by molar-refractivity contribution is 5.95. The van der Waals surface area contributed by atoms with E-state index in [1.807, 2.05) is 0 Å². The van der Waals surface area contributed by atoms with Crippen LogP contribution < -0.4 is 0 Å². The van der Waals surface area contributed by atoms with Gasteiger partial charge in [0, 0.05) is 31.5 Å². The minimum absolute atomic E-state index is 0.00270. The SMILES string of the molecule is C=Cc1ccc(F)c(C(=O)N2CCC(F)(F)CC2)c1F. The standard InChI is InChI=1S/C14H13F4NO/c1-2-9-3-4-10(15)11(12(9)16)13(20)19-7-5-14(17,18)6-8-19/h2-4H,1,5-8H2. The zero-order valence-corrected chi connectivity index (χ0v) is 10.6. The third-order valence-corrected chi connectivity index (χ3v) is 3.34. The van der Waals surface area contributed by atoms with Gasteiger partial charge >= 0.3 is 0 Å². The van der Waals surface area contributed by atoms with Gasteiger partial charge in [-0.15, -0.1) is 0 Å². The van der Waals surface area contributed by atoms with Crippen LogP contribution >= 0.6 is 0 Å². The zero-order chi connectivity index (χ0) is 14.9. The quantitative estimate of drug-likeness (QED) is 0.763. The Bertz CT molecular complexity index is 546. The molecule has 0 aromatic heterocycles. The summed E-state index contributed by atoms with van der Waals surface area (Å²) in [7, 11) is 0. The fourth-order valence-corrected chi connectivity index (χ4v) is 2.12. The summed E-state index contributed by atoms with van der Waals surface area (Å²) in [4.78, 5) is 13.1. The van der Waals surface area contributed by atoms with Gasteiger partial charge in [-0.05, 0) is 12.1 Å². The first-order valence-corrected chi connectivity index (χ1v) is 6.13. The van der Waals surface area contributed by atoms with Crippen molar-refractivity contribution in [3.05, 3.63) is 41.5 Å². The second-order valence-electron chi connectivity index (χ2n) is 4.68. The number of piperidine rings is 1. The van der Waals surface area contributed by atoms with Gasteiger partial charge < -0.3 is 4.90 Å². The van der Waals surface area contributed by atoms with Crippen LogP contribution in [0.25, 0.3) is 6.08 Å². The second-order valence-corrected chi connectivity index (χ2v) is 4.68. The molecule has 0 atom stereocenters. The first kappa shape index (κ1) is 14.6. The van der Waals surface area contributed by atoms with Crippen LogP contribution in [-0.2, 0) is 0 Å². The van der Waals surface area contributed by atoms with Crippen molar-refractivity contribution in [2.75, 3.05) is 13.1 Å². The summed E-state index contributed by atoms with van der Waals surface area (Å²) < 4.78 is 53.7. The third-order valence-electron chi connectivity index (χ3n) is 3.34. The Hall–Kier alpha value is -1.85. The average molecular weight is 287 g/mol. The Morgan fingerprint density at radius 2 is 1.85 bits per heavy atom. The number of carbonyl (C=O) groups excluding carboxylic acids is 1. The Balaban J connectivity index is 2.28. The molecule has 0 spiro atoms. The molecule has 1 aliphatic heterocycles. The van der Waals surface area contributed by atoms with Crippen molar-refractivity contribution in [3.63, 3.8) is 0 Å². The van der Waals surface area contributed by atoms with E-state index in [4.69, 9.17) is 0 Å². The summed E-state index contributed by atoms with van der Waals surface area (Å²) in [5.41, 5.74) is -0.718. The number of hydrogen-bond acceptors (Lipinski definition) is 1. The van der Waals surface area contributed by atoms with E-state index >= 15 is 0 Å². The van der Waals surface area contributed by atoms with E-state index in [1.54, 1.807) is 0 Å². The molecule has 1 heterocycles. The Kier molecular flexibility index (Phi) is 3.83. The molecule has 0 unspecified atom stereocenters. The molecule has 0 bridgehead atoms. The molecule has 1 amide bonds. The molecular weight excluding hydrogens is 274 g/mol. The first-order chi connectivity index (χ1) is 9.35. The van der Waals surface area contributed by atoms with Gasteiger partial charge in [0.1, 0.15) is 17.2 Å². The number of amides is 1. The minimum atomic E-state index is -2.82. The Morgan fingerprint density at radius 1 is 1.25 bits per heavy atom. The Labute approximate surface area is 113 Å². The van der Waals surface area contributed by atoms with Gasteiger partial charge in [-0.25, -0.2) is 17.6 Å². The molecule has 2 nitrogen and oxygen atoms in total. The van der Waals surface area contributed by atoms with Crippen LogP contribution in [0.2, 0.25) is 0 Å². The second kappa shape index (κ2) is 5.26. The van der Waals surface area contributed by atoms with E-state index in [0.29, 0.717) is 0 Å². The van der Waals surface area contributed by atoms with Gasteiger partial charge in [0.05, 0.1) is 0 Å². The van der Waals surface area contributed by atoms with Crippen LogP contribution in [0.5, 0.6) is 0 Å². The van der Waals surface area contributed by atoms with Crippen molar-refractivity contribution in [2.24, 2.45) is 0 Å². The number of alkyl halides is 2. The summed E-state index contributed by atoms with van der Waals surface area (Å²) in [6, 6.07) is 2.13. The van der Waals surface area contributed by atoms with Crippen molar-refractivity contribution in [3.8, 4) is 0 Å². The van der Waals surface area contributed by atoms with Gasteiger partial charge in [0.15, 0.2) is 0 Å². The molecule has 20 heavy (non-hydrogen) atoms. The smallest absolute Gasteiger partial charge is 0.259 e. The summed E-state index contributed by atoms with van der Waals surface area (Å²) in [5, 5.41) is 0. The van der Waals surface area contributed by atoms with Crippen LogP contribution in [-0.4, -0.2) is 29.8 Å². The van der Waals surface area contributed by atoms with Crippen molar-refractivity contribution >= 4 is 12.0 Å². The normalized spacial score (nSPS) is 17.9. The summed E-state index contributed by atoms with van der Waals surface area (Å²) >= 11 is 0. The van der Waals surface area contributed by atoms with Crippen LogP contribution in [0, 0.1) is 11.6 Å². The Morgan fingerprint density at radius 3 is 2.40 bits per heavy atom. The number of likely N-dealkylation sites (tertiary alicyclic amines) is 1. The maximum Gasteiger partial charge on any atom is 0.259 e. The highest BCUT2D eigenvalue weighted by Gasteiger charge is 2.37. The van der Waals surface area contributed by atoms with Crippen molar-refractivity contribution < 1.29 is 22.4 Å². The van der Waals surface area contributed by atoms with Crippen LogP contribution in [0.15, 0.2) is 18.7 Å². The lowest BCUT2D eigenvalue weighted by Crippen LogP contribution is -2.43. The minimum Gasteiger partial charge on any atom is -0.338 e. The van der Waals surface area contributed by atoms with Crippen LogP contribution in [0.3, 0.4) is 0 Å². The van der Waals surface area contributed by atoms with Crippen LogP contribution in [0.4, 0.5) is 17.6 Å². The predicted molar refractivity (Wildman–Crippen MR) is 66.5 cm³/mol. The highest BCUT2D eigenvalue weighted by Crippen LogP contribution is 2.29. The molecule has 1 aromatic rings. The van der Waals surface area contributed by atoms with Crippen molar-refractivity contribution in [1.29, 1.82) is 0 Å². The van der Waals surface area contributed by atoms with E-state index in [2.05, 4.69) is 6.58 Å².